The molecule has 0 bridgehead atoms. The number of amides is 2. The van der Waals surface area contributed by atoms with Gasteiger partial charge in [-0.1, -0.05) is 6.42 Å². The van der Waals surface area contributed by atoms with E-state index < -0.39 is 0 Å². The van der Waals surface area contributed by atoms with Crippen molar-refractivity contribution in [3.63, 3.8) is 0 Å². The van der Waals surface area contributed by atoms with E-state index in [4.69, 9.17) is 0 Å². The minimum Gasteiger partial charge on any atom is -0.338 e. The molecule has 98 valence electrons. The Labute approximate surface area is 104 Å². The summed E-state index contributed by atoms with van der Waals surface area (Å²) in [6.07, 6.45) is 5.01. The molecule has 1 aliphatic carbocycles. The predicted molar refractivity (Wildman–Crippen MR) is 69.0 cm³/mol. The van der Waals surface area contributed by atoms with Crippen molar-refractivity contribution in [3.05, 3.63) is 0 Å². The summed E-state index contributed by atoms with van der Waals surface area (Å²) in [4.78, 5) is 11.8. The number of hydrogen-bond acceptors (Lipinski definition) is 2. The first-order chi connectivity index (χ1) is 7.91. The summed E-state index contributed by atoms with van der Waals surface area (Å²) in [6.45, 7) is 7.92. The summed E-state index contributed by atoms with van der Waals surface area (Å²) in [5.74, 6) is 0. The van der Waals surface area contributed by atoms with E-state index in [0.717, 1.165) is 13.1 Å². The summed E-state index contributed by atoms with van der Waals surface area (Å²) in [5, 5.41) is 9.56. The third kappa shape index (κ3) is 2.92. The fraction of sp³-hybridized carbons (Fsp3) is 0.923. The third-order valence-electron chi connectivity index (χ3n) is 4.01. The fourth-order valence-corrected chi connectivity index (χ4v) is 3.19. The molecule has 2 rings (SSSR count). The molecule has 0 unspecified atom stereocenters. The van der Waals surface area contributed by atoms with Gasteiger partial charge in [-0.3, -0.25) is 0 Å². The lowest BCUT2D eigenvalue weighted by Gasteiger charge is -2.30. The van der Waals surface area contributed by atoms with Crippen LogP contribution in [0.2, 0.25) is 0 Å². The summed E-state index contributed by atoms with van der Waals surface area (Å²) in [6, 6.07) is 0.585. The van der Waals surface area contributed by atoms with Gasteiger partial charge in [-0.05, 0) is 46.6 Å². The highest BCUT2D eigenvalue weighted by Gasteiger charge is 2.45. The van der Waals surface area contributed by atoms with Crippen molar-refractivity contribution in [1.29, 1.82) is 0 Å². The zero-order chi connectivity index (χ0) is 12.5. The van der Waals surface area contributed by atoms with Crippen LogP contribution >= 0.6 is 0 Å². The van der Waals surface area contributed by atoms with Crippen molar-refractivity contribution in [2.45, 2.75) is 58.0 Å². The highest BCUT2D eigenvalue weighted by atomic mass is 16.2. The summed E-state index contributed by atoms with van der Waals surface area (Å²) in [7, 11) is 0. The highest BCUT2D eigenvalue weighted by molar-refractivity contribution is 5.74. The molecule has 0 radical (unpaired) electrons. The molecular weight excluding hydrogens is 214 g/mol. The molecule has 0 spiro atoms. The smallest absolute Gasteiger partial charge is 0.315 e. The molecule has 1 saturated carbocycles. The van der Waals surface area contributed by atoms with E-state index in [2.05, 4.69) is 16.0 Å². The Morgan fingerprint density at radius 3 is 2.88 bits per heavy atom. The Morgan fingerprint density at radius 1 is 1.41 bits per heavy atom. The second-order valence-electron chi connectivity index (χ2n) is 6.57. The van der Waals surface area contributed by atoms with E-state index in [9.17, 15) is 4.79 Å². The largest absolute Gasteiger partial charge is 0.338 e. The number of nitrogens with one attached hydrogen (secondary N) is 3. The molecule has 0 aromatic heterocycles. The van der Waals surface area contributed by atoms with Crippen LogP contribution in [0.15, 0.2) is 0 Å². The standard InChI is InChI=1S/C13H25N3O/c1-12(2,3)16-11(17)15-9-13-6-4-5-10(13)14-8-7-13/h10,14H,4-9H2,1-3H3,(H2,15,16,17)/t10-,13-/m1/s1. The van der Waals surface area contributed by atoms with Crippen LogP contribution in [0.3, 0.4) is 0 Å². The molecule has 0 aromatic carbocycles. The summed E-state index contributed by atoms with van der Waals surface area (Å²) < 4.78 is 0. The van der Waals surface area contributed by atoms with Crippen molar-refractivity contribution in [2.75, 3.05) is 13.1 Å². The zero-order valence-corrected chi connectivity index (χ0v) is 11.2. The zero-order valence-electron chi connectivity index (χ0n) is 11.2. The minimum absolute atomic E-state index is 0.0376. The second kappa shape index (κ2) is 4.48. The lowest BCUT2D eigenvalue weighted by Crippen LogP contribution is -2.50. The number of rotatable bonds is 2. The Bertz CT molecular complexity index is 286. The van der Waals surface area contributed by atoms with Gasteiger partial charge in [0.15, 0.2) is 0 Å². The van der Waals surface area contributed by atoms with Crippen molar-refractivity contribution in [2.24, 2.45) is 5.41 Å². The minimum atomic E-state index is -0.162. The predicted octanol–water partition coefficient (Wildman–Crippen LogP) is 1.62. The van der Waals surface area contributed by atoms with Gasteiger partial charge >= 0.3 is 6.03 Å². The number of hydrogen-bond donors (Lipinski definition) is 3. The molecule has 4 heteroatoms. The molecule has 4 nitrogen and oxygen atoms in total. The van der Waals surface area contributed by atoms with Gasteiger partial charge in [0.2, 0.25) is 0 Å². The molecule has 17 heavy (non-hydrogen) atoms. The van der Waals surface area contributed by atoms with Crippen LogP contribution < -0.4 is 16.0 Å². The van der Waals surface area contributed by atoms with Crippen LogP contribution in [-0.2, 0) is 0 Å². The van der Waals surface area contributed by atoms with Gasteiger partial charge in [-0.15, -0.1) is 0 Å². The Kier molecular flexibility index (Phi) is 3.34. The van der Waals surface area contributed by atoms with Gasteiger partial charge in [0.25, 0.3) is 0 Å². The quantitative estimate of drug-likeness (QED) is 0.686. The lowest BCUT2D eigenvalue weighted by atomic mass is 9.82. The highest BCUT2D eigenvalue weighted by Crippen LogP contribution is 2.43. The third-order valence-corrected chi connectivity index (χ3v) is 4.01. The summed E-state index contributed by atoms with van der Waals surface area (Å²) >= 11 is 0. The number of carbonyl (C=O) groups is 1. The van der Waals surface area contributed by atoms with Crippen LogP contribution in [-0.4, -0.2) is 30.7 Å². The number of carbonyl (C=O) groups excluding carboxylic acids is 1. The Balaban J connectivity index is 1.83. The second-order valence-corrected chi connectivity index (χ2v) is 6.57. The van der Waals surface area contributed by atoms with Gasteiger partial charge in [-0.2, -0.15) is 0 Å². The SMILES string of the molecule is CC(C)(C)NC(=O)NC[C@]12CCC[C@H]1NCC2. The maximum atomic E-state index is 11.8. The van der Waals surface area contributed by atoms with Crippen molar-refractivity contribution in [3.8, 4) is 0 Å². The molecule has 3 N–H and O–H groups in total. The Morgan fingerprint density at radius 2 is 2.18 bits per heavy atom. The first-order valence-electron chi connectivity index (χ1n) is 6.71. The van der Waals surface area contributed by atoms with Crippen molar-refractivity contribution < 1.29 is 4.79 Å². The fourth-order valence-electron chi connectivity index (χ4n) is 3.19. The first kappa shape index (κ1) is 12.7. The van der Waals surface area contributed by atoms with Crippen LogP contribution in [0, 0.1) is 5.41 Å². The van der Waals surface area contributed by atoms with Gasteiger partial charge in [0.05, 0.1) is 0 Å². The molecule has 2 fully saturated rings. The van der Waals surface area contributed by atoms with Crippen LogP contribution in [0.4, 0.5) is 4.79 Å². The monoisotopic (exact) mass is 239 g/mol. The van der Waals surface area contributed by atoms with E-state index in [1.54, 1.807) is 0 Å². The van der Waals surface area contributed by atoms with E-state index in [1.807, 2.05) is 20.8 Å². The van der Waals surface area contributed by atoms with Gasteiger partial charge in [0, 0.05) is 23.5 Å². The van der Waals surface area contributed by atoms with Gasteiger partial charge in [0.1, 0.15) is 0 Å². The lowest BCUT2D eigenvalue weighted by molar-refractivity contribution is 0.218. The Hall–Kier alpha value is -0.770. The van der Waals surface area contributed by atoms with E-state index in [1.165, 1.54) is 25.7 Å². The number of urea groups is 1. The van der Waals surface area contributed by atoms with Crippen LogP contribution in [0.1, 0.15) is 46.5 Å². The molecule has 2 atom stereocenters. The van der Waals surface area contributed by atoms with E-state index >= 15 is 0 Å². The average Bonchev–Trinajstić information content (AvgIpc) is 2.69. The maximum absolute atomic E-state index is 11.8. The van der Waals surface area contributed by atoms with Gasteiger partial charge in [-0.25, -0.2) is 4.79 Å². The van der Waals surface area contributed by atoms with Gasteiger partial charge < -0.3 is 16.0 Å². The van der Waals surface area contributed by atoms with Crippen molar-refractivity contribution >= 4 is 6.03 Å². The number of fused-ring (bicyclic) bond motifs is 1. The average molecular weight is 239 g/mol. The van der Waals surface area contributed by atoms with E-state index in [0.29, 0.717) is 11.5 Å². The molecule has 2 amide bonds. The van der Waals surface area contributed by atoms with Crippen molar-refractivity contribution in [1.82, 2.24) is 16.0 Å². The normalized spacial score (nSPS) is 32.3. The van der Waals surface area contributed by atoms with Crippen LogP contribution in [0.5, 0.6) is 0 Å². The molecule has 0 aromatic rings. The maximum Gasteiger partial charge on any atom is 0.315 e. The first-order valence-corrected chi connectivity index (χ1v) is 6.71. The molecule has 1 aliphatic heterocycles. The molecule has 2 aliphatic rings. The molecule has 1 saturated heterocycles. The topological polar surface area (TPSA) is 53.2 Å². The van der Waals surface area contributed by atoms with E-state index in [-0.39, 0.29) is 11.6 Å². The molecule has 1 heterocycles. The van der Waals surface area contributed by atoms with Crippen LogP contribution in [0.25, 0.3) is 0 Å². The summed E-state index contributed by atoms with van der Waals surface area (Å²) in [5.41, 5.74) is 0.167. The molecular formula is C13H25N3O.